The predicted molar refractivity (Wildman–Crippen MR) is 76.4 cm³/mol. The van der Waals surface area contributed by atoms with Gasteiger partial charge >= 0.3 is 0 Å². The number of likely N-dealkylation sites (N-methyl/N-ethyl adjacent to an activating group) is 1. The molecule has 3 rings (SSSR count). The minimum absolute atomic E-state index is 0.692. The van der Waals surface area contributed by atoms with Crippen LogP contribution < -0.4 is 0 Å². The first-order chi connectivity index (χ1) is 9.24. The van der Waals surface area contributed by atoms with Crippen LogP contribution in [0.2, 0.25) is 0 Å². The Kier molecular flexibility index (Phi) is 2.95. The number of rotatable bonds is 2. The molecule has 0 radical (unpaired) electrons. The zero-order valence-electron chi connectivity index (χ0n) is 11.1. The maximum absolute atomic E-state index is 5.58. The molecule has 0 fully saturated rings. The lowest BCUT2D eigenvalue weighted by Gasteiger charge is -2.23. The zero-order valence-corrected chi connectivity index (χ0v) is 11.1. The highest BCUT2D eigenvalue weighted by Gasteiger charge is 2.10. The molecule has 0 spiro atoms. The lowest BCUT2D eigenvalue weighted by molar-refractivity contribution is 0.530. The van der Waals surface area contributed by atoms with Gasteiger partial charge in [-0.1, -0.05) is 30.4 Å². The Morgan fingerprint density at radius 2 is 2.11 bits per heavy atom. The first-order valence-corrected chi connectivity index (χ1v) is 6.35. The number of aromatic nitrogens is 1. The highest BCUT2D eigenvalue weighted by molar-refractivity contribution is 5.71. The van der Waals surface area contributed by atoms with Crippen molar-refractivity contribution >= 4 is 5.70 Å². The van der Waals surface area contributed by atoms with Crippen LogP contribution >= 0.6 is 0 Å². The van der Waals surface area contributed by atoms with E-state index >= 15 is 0 Å². The lowest BCUT2D eigenvalue weighted by atomic mass is 10.0. The molecule has 2 heterocycles. The van der Waals surface area contributed by atoms with Gasteiger partial charge in [0.05, 0.1) is 6.20 Å². The van der Waals surface area contributed by atoms with E-state index in [9.17, 15) is 0 Å². The molecule has 0 N–H and O–H groups in total. The summed E-state index contributed by atoms with van der Waals surface area (Å²) in [6.07, 6.45) is 8.15. The van der Waals surface area contributed by atoms with Crippen LogP contribution in [0, 0.1) is 6.92 Å². The van der Waals surface area contributed by atoms with Gasteiger partial charge < -0.3 is 9.32 Å². The van der Waals surface area contributed by atoms with Crippen LogP contribution in [0.5, 0.6) is 0 Å². The SMILES string of the molecule is Cc1ncc(-c2cccc(C3=CC=CCN3C)c2)o1. The van der Waals surface area contributed by atoms with E-state index < -0.39 is 0 Å². The Labute approximate surface area is 112 Å². The van der Waals surface area contributed by atoms with Crippen molar-refractivity contribution in [2.75, 3.05) is 13.6 Å². The van der Waals surface area contributed by atoms with Crippen molar-refractivity contribution in [2.45, 2.75) is 6.92 Å². The minimum Gasteiger partial charge on any atom is -0.441 e. The second-order valence-corrected chi connectivity index (χ2v) is 4.68. The standard InChI is InChI=1S/C16H16N2O/c1-12-17-11-16(19-12)14-7-5-6-13(10-14)15-8-3-4-9-18(15)2/h3-8,10-11H,9H2,1-2H3. The molecule has 1 aliphatic rings. The fourth-order valence-electron chi connectivity index (χ4n) is 2.25. The average Bonchev–Trinajstić information content (AvgIpc) is 2.86. The van der Waals surface area contributed by atoms with E-state index in [1.807, 2.05) is 13.0 Å². The maximum Gasteiger partial charge on any atom is 0.191 e. The molecule has 0 unspecified atom stereocenters. The summed E-state index contributed by atoms with van der Waals surface area (Å²) in [6, 6.07) is 8.36. The summed E-state index contributed by atoms with van der Waals surface area (Å²) in [5.74, 6) is 1.51. The Morgan fingerprint density at radius 1 is 1.26 bits per heavy atom. The molecule has 0 saturated carbocycles. The van der Waals surface area contributed by atoms with Crippen molar-refractivity contribution in [1.29, 1.82) is 0 Å². The maximum atomic E-state index is 5.58. The highest BCUT2D eigenvalue weighted by Crippen LogP contribution is 2.26. The third kappa shape index (κ3) is 2.32. The van der Waals surface area contributed by atoms with Crippen LogP contribution in [-0.2, 0) is 0 Å². The molecular formula is C16H16N2O. The number of aryl methyl sites for hydroxylation is 1. The van der Waals surface area contributed by atoms with Gasteiger partial charge in [0.25, 0.3) is 0 Å². The normalized spacial score (nSPS) is 14.6. The smallest absolute Gasteiger partial charge is 0.191 e. The number of hydrogen-bond acceptors (Lipinski definition) is 3. The van der Waals surface area contributed by atoms with Gasteiger partial charge in [-0.25, -0.2) is 4.98 Å². The van der Waals surface area contributed by atoms with Crippen molar-refractivity contribution in [3.63, 3.8) is 0 Å². The van der Waals surface area contributed by atoms with Gasteiger partial charge in [-0.15, -0.1) is 0 Å². The Balaban J connectivity index is 2.00. The Hall–Kier alpha value is -2.29. The van der Waals surface area contributed by atoms with Crippen LogP contribution in [0.15, 0.2) is 53.1 Å². The van der Waals surface area contributed by atoms with Gasteiger partial charge in [0.1, 0.15) is 0 Å². The van der Waals surface area contributed by atoms with Crippen molar-refractivity contribution in [2.24, 2.45) is 0 Å². The van der Waals surface area contributed by atoms with Crippen molar-refractivity contribution < 1.29 is 4.42 Å². The van der Waals surface area contributed by atoms with Crippen molar-refractivity contribution in [1.82, 2.24) is 9.88 Å². The van der Waals surface area contributed by atoms with Crippen LogP contribution in [0.3, 0.4) is 0 Å². The van der Waals surface area contributed by atoms with Gasteiger partial charge in [-0.2, -0.15) is 0 Å². The number of oxazole rings is 1. The quantitative estimate of drug-likeness (QED) is 0.819. The van der Waals surface area contributed by atoms with Crippen molar-refractivity contribution in [3.8, 4) is 11.3 Å². The minimum atomic E-state index is 0.692. The number of benzene rings is 1. The van der Waals surface area contributed by atoms with E-state index in [1.54, 1.807) is 6.20 Å². The molecular weight excluding hydrogens is 236 g/mol. The Morgan fingerprint density at radius 3 is 2.84 bits per heavy atom. The molecule has 2 aromatic rings. The monoisotopic (exact) mass is 252 g/mol. The van der Waals surface area contributed by atoms with E-state index in [0.717, 1.165) is 17.9 Å². The largest absolute Gasteiger partial charge is 0.441 e. The second kappa shape index (κ2) is 4.76. The third-order valence-corrected chi connectivity index (χ3v) is 3.24. The summed E-state index contributed by atoms with van der Waals surface area (Å²) >= 11 is 0. The molecule has 1 aliphatic heterocycles. The highest BCUT2D eigenvalue weighted by atomic mass is 16.4. The van der Waals surface area contributed by atoms with Crippen LogP contribution in [0.4, 0.5) is 0 Å². The summed E-state index contributed by atoms with van der Waals surface area (Å²) in [7, 11) is 2.10. The number of nitrogens with zero attached hydrogens (tertiary/aromatic N) is 2. The van der Waals surface area contributed by atoms with Crippen LogP contribution in [0.1, 0.15) is 11.5 Å². The van der Waals surface area contributed by atoms with E-state index in [-0.39, 0.29) is 0 Å². The summed E-state index contributed by atoms with van der Waals surface area (Å²) in [5, 5.41) is 0. The summed E-state index contributed by atoms with van der Waals surface area (Å²) in [5.41, 5.74) is 3.47. The van der Waals surface area contributed by atoms with Crippen molar-refractivity contribution in [3.05, 3.63) is 60.1 Å². The average molecular weight is 252 g/mol. The molecule has 3 heteroatoms. The predicted octanol–water partition coefficient (Wildman–Crippen LogP) is 3.49. The molecule has 96 valence electrons. The summed E-state index contributed by atoms with van der Waals surface area (Å²) < 4.78 is 5.58. The van der Waals surface area contributed by atoms with E-state index in [4.69, 9.17) is 4.42 Å². The first-order valence-electron chi connectivity index (χ1n) is 6.35. The zero-order chi connectivity index (χ0) is 13.2. The molecule has 1 aromatic heterocycles. The summed E-state index contributed by atoms with van der Waals surface area (Å²) in [4.78, 5) is 6.37. The third-order valence-electron chi connectivity index (χ3n) is 3.24. The molecule has 1 aromatic carbocycles. The van der Waals surface area contributed by atoms with Crippen LogP contribution in [0.25, 0.3) is 17.0 Å². The number of hydrogen-bond donors (Lipinski definition) is 0. The van der Waals surface area contributed by atoms with Crippen LogP contribution in [-0.4, -0.2) is 23.5 Å². The van der Waals surface area contributed by atoms with Gasteiger partial charge in [0, 0.05) is 31.8 Å². The lowest BCUT2D eigenvalue weighted by Crippen LogP contribution is -2.18. The molecule has 3 nitrogen and oxygen atoms in total. The first kappa shape index (κ1) is 11.8. The molecule has 0 aliphatic carbocycles. The topological polar surface area (TPSA) is 29.3 Å². The Bertz CT molecular complexity index is 652. The summed E-state index contributed by atoms with van der Waals surface area (Å²) in [6.45, 7) is 2.80. The molecule has 0 saturated heterocycles. The number of allylic oxidation sites excluding steroid dienone is 2. The van der Waals surface area contributed by atoms with Gasteiger partial charge in [-0.3, -0.25) is 0 Å². The van der Waals surface area contributed by atoms with E-state index in [0.29, 0.717) is 5.89 Å². The fraction of sp³-hybridized carbons (Fsp3) is 0.188. The molecule has 0 atom stereocenters. The van der Waals surface area contributed by atoms with E-state index in [2.05, 4.69) is 53.4 Å². The van der Waals surface area contributed by atoms with Gasteiger partial charge in [-0.05, 0) is 17.7 Å². The van der Waals surface area contributed by atoms with E-state index in [1.165, 1.54) is 11.3 Å². The second-order valence-electron chi connectivity index (χ2n) is 4.68. The molecule has 0 bridgehead atoms. The molecule has 19 heavy (non-hydrogen) atoms. The van der Waals surface area contributed by atoms with Gasteiger partial charge in [0.2, 0.25) is 0 Å². The molecule has 0 amide bonds. The van der Waals surface area contributed by atoms with Gasteiger partial charge in [0.15, 0.2) is 11.7 Å². The fourth-order valence-corrected chi connectivity index (χ4v) is 2.25.